The third-order valence-electron chi connectivity index (χ3n) is 4.48. The molecule has 4 saturated carbocycles. The Kier molecular flexibility index (Phi) is 1.92. The fourth-order valence-electron chi connectivity index (χ4n) is 4.64. The van der Waals surface area contributed by atoms with E-state index in [0.29, 0.717) is 5.54 Å². The Bertz CT molecular complexity index is 236. The fourth-order valence-corrected chi connectivity index (χ4v) is 4.85. The zero-order valence-electron chi connectivity index (χ0n) is 8.88. The maximum Gasteiger partial charge on any atom is 0.0726 e. The van der Waals surface area contributed by atoms with Crippen molar-refractivity contribution in [2.24, 2.45) is 17.8 Å². The smallest absolute Gasteiger partial charge is 0.0726 e. The van der Waals surface area contributed by atoms with Crippen molar-refractivity contribution in [3.63, 3.8) is 0 Å². The van der Waals surface area contributed by atoms with Gasteiger partial charge in [0.1, 0.15) is 0 Å². The van der Waals surface area contributed by atoms with Crippen molar-refractivity contribution < 1.29 is 0 Å². The van der Waals surface area contributed by atoms with Crippen molar-refractivity contribution in [2.75, 3.05) is 0 Å². The van der Waals surface area contributed by atoms with Gasteiger partial charge in [-0.2, -0.15) is 0 Å². The van der Waals surface area contributed by atoms with E-state index in [1.165, 1.54) is 38.5 Å². The fraction of sp³-hybridized carbons (Fsp3) is 0.917. The minimum Gasteiger partial charge on any atom is -0.374 e. The molecule has 4 bridgehead atoms. The summed E-state index contributed by atoms with van der Waals surface area (Å²) in [7, 11) is 0. The molecule has 0 aromatic rings. The molecule has 1 N–H and O–H groups in total. The predicted octanol–water partition coefficient (Wildman–Crippen LogP) is 2.89. The van der Waals surface area contributed by atoms with Crippen LogP contribution in [0.15, 0.2) is 0 Å². The Labute approximate surface area is 91.6 Å². The molecule has 4 rings (SSSR count). The molecule has 0 unspecified atom stereocenters. The van der Waals surface area contributed by atoms with Gasteiger partial charge in [0.2, 0.25) is 0 Å². The quantitative estimate of drug-likeness (QED) is 0.666. The first-order chi connectivity index (χ1) is 6.65. The van der Waals surface area contributed by atoms with Crippen LogP contribution in [0.1, 0.15) is 45.4 Å². The Morgan fingerprint density at radius 3 is 1.86 bits per heavy atom. The summed E-state index contributed by atoms with van der Waals surface area (Å²) < 4.78 is 0. The lowest BCUT2D eigenvalue weighted by molar-refractivity contribution is -0.00978. The van der Waals surface area contributed by atoms with Crippen LogP contribution in [0.4, 0.5) is 0 Å². The highest BCUT2D eigenvalue weighted by atomic mass is 32.1. The van der Waals surface area contributed by atoms with E-state index >= 15 is 0 Å². The molecule has 0 spiro atoms. The van der Waals surface area contributed by atoms with Gasteiger partial charge in [0.15, 0.2) is 0 Å². The first-order valence-corrected chi connectivity index (χ1v) is 6.35. The van der Waals surface area contributed by atoms with Crippen molar-refractivity contribution in [1.29, 1.82) is 0 Å². The van der Waals surface area contributed by atoms with Gasteiger partial charge >= 0.3 is 0 Å². The molecule has 4 fully saturated rings. The molecule has 2 heteroatoms. The van der Waals surface area contributed by atoms with Gasteiger partial charge in [-0.3, -0.25) is 0 Å². The summed E-state index contributed by atoms with van der Waals surface area (Å²) in [6, 6.07) is 0. The van der Waals surface area contributed by atoms with Crippen LogP contribution in [0, 0.1) is 17.8 Å². The molecule has 0 atom stereocenters. The van der Waals surface area contributed by atoms with Crippen LogP contribution in [0.25, 0.3) is 0 Å². The van der Waals surface area contributed by atoms with Gasteiger partial charge < -0.3 is 5.32 Å². The SMILES string of the molecule is CC(=S)NC12CC3CC(CC(C3)C1)C2. The van der Waals surface area contributed by atoms with Gasteiger partial charge in [-0.05, 0) is 63.2 Å². The largest absolute Gasteiger partial charge is 0.374 e. The lowest BCUT2D eigenvalue weighted by atomic mass is 9.53. The summed E-state index contributed by atoms with van der Waals surface area (Å²) >= 11 is 5.22. The van der Waals surface area contributed by atoms with E-state index in [9.17, 15) is 0 Å². The Hall–Kier alpha value is -0.110. The average molecular weight is 209 g/mol. The molecular weight excluding hydrogens is 190 g/mol. The Morgan fingerprint density at radius 2 is 1.50 bits per heavy atom. The highest BCUT2D eigenvalue weighted by Gasteiger charge is 2.50. The van der Waals surface area contributed by atoms with Crippen molar-refractivity contribution in [3.8, 4) is 0 Å². The van der Waals surface area contributed by atoms with Crippen molar-refractivity contribution >= 4 is 17.2 Å². The van der Waals surface area contributed by atoms with Crippen LogP contribution in [0.2, 0.25) is 0 Å². The molecule has 0 saturated heterocycles. The maximum absolute atomic E-state index is 5.22. The van der Waals surface area contributed by atoms with Gasteiger partial charge in [0, 0.05) is 5.54 Å². The lowest BCUT2D eigenvalue weighted by Crippen LogP contribution is -2.59. The topological polar surface area (TPSA) is 12.0 Å². The first kappa shape index (κ1) is 9.14. The van der Waals surface area contributed by atoms with Crippen molar-refractivity contribution in [1.82, 2.24) is 5.32 Å². The Morgan fingerprint density at radius 1 is 1.07 bits per heavy atom. The number of hydrogen-bond acceptors (Lipinski definition) is 1. The number of rotatable bonds is 1. The van der Waals surface area contributed by atoms with Crippen LogP contribution >= 0.6 is 12.2 Å². The average Bonchev–Trinajstić information content (AvgIpc) is 1.96. The van der Waals surface area contributed by atoms with Gasteiger partial charge in [0.05, 0.1) is 4.99 Å². The number of nitrogens with one attached hydrogen (secondary N) is 1. The van der Waals surface area contributed by atoms with E-state index in [2.05, 4.69) is 5.32 Å². The molecule has 4 aliphatic carbocycles. The molecular formula is C12H19NS. The van der Waals surface area contributed by atoms with Crippen molar-refractivity contribution in [3.05, 3.63) is 0 Å². The third-order valence-corrected chi connectivity index (χ3v) is 4.58. The molecule has 0 aromatic carbocycles. The van der Waals surface area contributed by atoms with E-state index in [1.807, 2.05) is 6.92 Å². The van der Waals surface area contributed by atoms with E-state index in [-0.39, 0.29) is 0 Å². The zero-order chi connectivity index (χ0) is 9.76. The van der Waals surface area contributed by atoms with Crippen LogP contribution in [-0.2, 0) is 0 Å². The predicted molar refractivity (Wildman–Crippen MR) is 62.3 cm³/mol. The zero-order valence-corrected chi connectivity index (χ0v) is 9.70. The Balaban J connectivity index is 1.83. The second-order valence-corrected chi connectivity index (χ2v) is 6.49. The minimum absolute atomic E-state index is 0.431. The number of hydrogen-bond donors (Lipinski definition) is 1. The van der Waals surface area contributed by atoms with Gasteiger partial charge in [-0.25, -0.2) is 0 Å². The van der Waals surface area contributed by atoms with E-state index < -0.39 is 0 Å². The monoisotopic (exact) mass is 209 g/mol. The minimum atomic E-state index is 0.431. The summed E-state index contributed by atoms with van der Waals surface area (Å²) in [6.07, 6.45) is 8.72. The standard InChI is InChI=1S/C12H19NS/c1-8(14)13-12-5-9-2-10(6-12)4-11(3-9)7-12/h9-11H,2-7H2,1H3,(H,13,14). The molecule has 14 heavy (non-hydrogen) atoms. The van der Waals surface area contributed by atoms with Gasteiger partial charge in [-0.15, -0.1) is 0 Å². The molecule has 1 nitrogen and oxygen atoms in total. The van der Waals surface area contributed by atoms with Crippen LogP contribution < -0.4 is 5.32 Å². The van der Waals surface area contributed by atoms with Crippen LogP contribution in [0.5, 0.6) is 0 Å². The first-order valence-electron chi connectivity index (χ1n) is 5.94. The maximum atomic E-state index is 5.22. The van der Waals surface area contributed by atoms with Crippen LogP contribution in [0.3, 0.4) is 0 Å². The molecule has 78 valence electrons. The van der Waals surface area contributed by atoms with E-state index in [4.69, 9.17) is 12.2 Å². The van der Waals surface area contributed by atoms with E-state index in [0.717, 1.165) is 22.7 Å². The summed E-state index contributed by atoms with van der Waals surface area (Å²) in [5.74, 6) is 3.05. The molecule has 4 aliphatic rings. The molecule has 0 aromatic heterocycles. The van der Waals surface area contributed by atoms with Crippen LogP contribution in [-0.4, -0.2) is 10.5 Å². The molecule has 0 aliphatic heterocycles. The van der Waals surface area contributed by atoms with E-state index in [1.54, 1.807) is 0 Å². The van der Waals surface area contributed by atoms with Gasteiger partial charge in [-0.1, -0.05) is 12.2 Å². The summed E-state index contributed by atoms with van der Waals surface area (Å²) in [6.45, 7) is 2.04. The molecule has 0 heterocycles. The summed E-state index contributed by atoms with van der Waals surface area (Å²) in [5.41, 5.74) is 0.431. The second-order valence-electron chi connectivity index (χ2n) is 5.88. The molecule has 0 amide bonds. The summed E-state index contributed by atoms with van der Waals surface area (Å²) in [4.78, 5) is 1.01. The highest BCUT2D eigenvalue weighted by Crippen LogP contribution is 2.55. The second kappa shape index (κ2) is 2.94. The highest BCUT2D eigenvalue weighted by molar-refractivity contribution is 7.80. The number of thiocarbonyl (C=S) groups is 1. The summed E-state index contributed by atoms with van der Waals surface area (Å²) in [5, 5.41) is 3.62. The molecule has 0 radical (unpaired) electrons. The van der Waals surface area contributed by atoms with Crippen molar-refractivity contribution in [2.45, 2.75) is 51.0 Å². The lowest BCUT2D eigenvalue weighted by Gasteiger charge is -2.57. The third kappa shape index (κ3) is 1.39. The normalized spacial score (nSPS) is 49.4. The van der Waals surface area contributed by atoms with Gasteiger partial charge in [0.25, 0.3) is 0 Å².